The number of carbonyl (C=O) groups excluding carboxylic acids is 1. The molecule has 1 spiro atoms. The zero-order valence-corrected chi connectivity index (χ0v) is 12.1. The normalized spacial score (nSPS) is 31.1. The fourth-order valence-electron chi connectivity index (χ4n) is 4.19. The van der Waals surface area contributed by atoms with Gasteiger partial charge in [0.15, 0.2) is 0 Å². The number of hydrogen-bond donors (Lipinski definition) is 2. The van der Waals surface area contributed by atoms with Crippen molar-refractivity contribution in [2.24, 2.45) is 5.41 Å². The van der Waals surface area contributed by atoms with Gasteiger partial charge in [-0.1, -0.05) is 0 Å². The number of nitrogens with one attached hydrogen (secondary N) is 2. The molecule has 3 fully saturated rings. The Morgan fingerprint density at radius 3 is 2.32 bits per heavy atom. The Bertz CT molecular complexity index is 341. The van der Waals surface area contributed by atoms with Crippen molar-refractivity contribution in [3.63, 3.8) is 0 Å². The molecule has 3 rings (SSSR count). The second-order valence-corrected chi connectivity index (χ2v) is 7.01. The lowest BCUT2D eigenvalue weighted by atomic mass is 9.70. The molecule has 3 aliphatic rings. The Morgan fingerprint density at radius 2 is 1.68 bits per heavy atom. The quantitative estimate of drug-likeness (QED) is 0.747. The van der Waals surface area contributed by atoms with Crippen LogP contribution in [0.25, 0.3) is 0 Å². The minimum Gasteiger partial charge on any atom is -0.356 e. The number of nitrogens with zero attached hydrogens (tertiary/aromatic N) is 1. The maximum absolute atomic E-state index is 11.6. The first-order chi connectivity index (χ1) is 9.12. The number of hydrogen-bond acceptors (Lipinski definition) is 3. The van der Waals surface area contributed by atoms with Crippen LogP contribution in [0.5, 0.6) is 0 Å². The van der Waals surface area contributed by atoms with Gasteiger partial charge in [-0.15, -0.1) is 0 Å². The third kappa shape index (κ3) is 2.65. The van der Waals surface area contributed by atoms with E-state index in [1.165, 1.54) is 45.2 Å². The van der Waals surface area contributed by atoms with E-state index >= 15 is 0 Å². The van der Waals surface area contributed by atoms with Crippen LogP contribution in [0.15, 0.2) is 0 Å². The van der Waals surface area contributed by atoms with E-state index in [0.717, 1.165) is 26.1 Å². The summed E-state index contributed by atoms with van der Waals surface area (Å²) >= 11 is 0. The summed E-state index contributed by atoms with van der Waals surface area (Å²) in [5.74, 6) is 0.271. The molecule has 0 aromatic rings. The van der Waals surface area contributed by atoms with E-state index in [2.05, 4.69) is 22.5 Å². The van der Waals surface area contributed by atoms with Crippen molar-refractivity contribution in [3.05, 3.63) is 0 Å². The van der Waals surface area contributed by atoms with E-state index in [0.29, 0.717) is 11.0 Å². The molecular weight excluding hydrogens is 238 g/mol. The van der Waals surface area contributed by atoms with Crippen LogP contribution in [-0.2, 0) is 4.79 Å². The topological polar surface area (TPSA) is 44.4 Å². The highest BCUT2D eigenvalue weighted by molar-refractivity contribution is 5.77. The second-order valence-electron chi connectivity index (χ2n) is 7.01. The molecule has 108 valence electrons. The maximum atomic E-state index is 11.6. The zero-order chi connectivity index (χ0) is 13.3. The molecule has 0 aromatic carbocycles. The second kappa shape index (κ2) is 5.06. The van der Waals surface area contributed by atoms with Gasteiger partial charge in [-0.25, -0.2) is 0 Å². The van der Waals surface area contributed by atoms with Gasteiger partial charge >= 0.3 is 0 Å². The van der Waals surface area contributed by atoms with Crippen molar-refractivity contribution in [1.29, 1.82) is 0 Å². The lowest BCUT2D eigenvalue weighted by molar-refractivity contribution is -0.127. The summed E-state index contributed by atoms with van der Waals surface area (Å²) in [6.07, 6.45) is 6.90. The van der Waals surface area contributed by atoms with E-state index in [4.69, 9.17) is 0 Å². The number of carbonyl (C=O) groups is 1. The first-order valence-electron chi connectivity index (χ1n) is 7.85. The number of rotatable bonds is 1. The molecule has 3 saturated heterocycles. The molecule has 4 nitrogen and oxygen atoms in total. The van der Waals surface area contributed by atoms with Crippen LogP contribution in [0.1, 0.15) is 45.4 Å². The van der Waals surface area contributed by atoms with Gasteiger partial charge in [-0.3, -0.25) is 9.69 Å². The Hall–Kier alpha value is -0.610. The lowest BCUT2D eigenvalue weighted by Gasteiger charge is -2.51. The molecule has 3 heterocycles. The summed E-state index contributed by atoms with van der Waals surface area (Å²) in [5.41, 5.74) is 0.714. The molecule has 4 heteroatoms. The Morgan fingerprint density at radius 1 is 1.00 bits per heavy atom. The molecule has 0 bridgehead atoms. The van der Waals surface area contributed by atoms with Crippen LogP contribution in [0.2, 0.25) is 0 Å². The summed E-state index contributed by atoms with van der Waals surface area (Å²) in [4.78, 5) is 14.3. The molecule has 2 N–H and O–H groups in total. The molecule has 19 heavy (non-hydrogen) atoms. The monoisotopic (exact) mass is 265 g/mol. The molecule has 0 radical (unpaired) electrons. The first-order valence-corrected chi connectivity index (χ1v) is 7.85. The van der Waals surface area contributed by atoms with Crippen molar-refractivity contribution in [1.82, 2.24) is 15.5 Å². The molecule has 0 saturated carbocycles. The van der Waals surface area contributed by atoms with Gasteiger partial charge in [-0.05, 0) is 70.6 Å². The summed E-state index contributed by atoms with van der Waals surface area (Å²) in [6, 6.07) is 0. The van der Waals surface area contributed by atoms with Crippen molar-refractivity contribution in [2.45, 2.75) is 51.0 Å². The summed E-state index contributed by atoms with van der Waals surface area (Å²) in [5, 5.41) is 6.44. The van der Waals surface area contributed by atoms with Crippen LogP contribution < -0.4 is 10.6 Å². The summed E-state index contributed by atoms with van der Waals surface area (Å²) in [6.45, 7) is 7.99. The van der Waals surface area contributed by atoms with E-state index in [9.17, 15) is 4.79 Å². The highest BCUT2D eigenvalue weighted by atomic mass is 16.1. The molecule has 0 atom stereocenters. The predicted molar refractivity (Wildman–Crippen MR) is 76.0 cm³/mol. The van der Waals surface area contributed by atoms with Gasteiger partial charge in [0.2, 0.25) is 5.91 Å². The van der Waals surface area contributed by atoms with Crippen LogP contribution >= 0.6 is 0 Å². The SMILES string of the molecule is CC1(N2CCC3(CCNC(=O)C3)CC2)CCNCC1. The summed E-state index contributed by atoms with van der Waals surface area (Å²) in [7, 11) is 0. The van der Waals surface area contributed by atoms with Crippen molar-refractivity contribution >= 4 is 5.91 Å². The Labute approximate surface area is 116 Å². The minimum atomic E-state index is 0.271. The van der Waals surface area contributed by atoms with Crippen molar-refractivity contribution < 1.29 is 4.79 Å². The highest BCUT2D eigenvalue weighted by Gasteiger charge is 2.42. The number of likely N-dealkylation sites (tertiary alicyclic amines) is 1. The smallest absolute Gasteiger partial charge is 0.220 e. The van der Waals surface area contributed by atoms with Crippen LogP contribution in [0.3, 0.4) is 0 Å². The molecular formula is C15H27N3O. The van der Waals surface area contributed by atoms with E-state index in [1.807, 2.05) is 0 Å². The van der Waals surface area contributed by atoms with Gasteiger partial charge in [0.25, 0.3) is 0 Å². The lowest BCUT2D eigenvalue weighted by Crippen LogP contribution is -2.57. The van der Waals surface area contributed by atoms with Crippen LogP contribution in [-0.4, -0.2) is 49.1 Å². The Kier molecular flexibility index (Phi) is 3.56. The molecule has 1 amide bonds. The zero-order valence-electron chi connectivity index (χ0n) is 12.1. The van der Waals surface area contributed by atoms with Gasteiger partial charge < -0.3 is 10.6 Å². The van der Waals surface area contributed by atoms with Crippen molar-refractivity contribution in [3.8, 4) is 0 Å². The largest absolute Gasteiger partial charge is 0.356 e. The molecule has 3 aliphatic heterocycles. The van der Waals surface area contributed by atoms with E-state index < -0.39 is 0 Å². The van der Waals surface area contributed by atoms with Gasteiger partial charge in [0.05, 0.1) is 0 Å². The molecule has 0 aromatic heterocycles. The highest BCUT2D eigenvalue weighted by Crippen LogP contribution is 2.42. The predicted octanol–water partition coefficient (Wildman–Crippen LogP) is 1.12. The third-order valence-electron chi connectivity index (χ3n) is 5.78. The molecule has 0 aliphatic carbocycles. The van der Waals surface area contributed by atoms with Gasteiger partial charge in [0.1, 0.15) is 0 Å². The van der Waals surface area contributed by atoms with E-state index in [-0.39, 0.29) is 5.91 Å². The molecule has 0 unspecified atom stereocenters. The average molecular weight is 265 g/mol. The number of amides is 1. The van der Waals surface area contributed by atoms with Crippen LogP contribution in [0, 0.1) is 5.41 Å². The minimum absolute atomic E-state index is 0.271. The summed E-state index contributed by atoms with van der Waals surface area (Å²) < 4.78 is 0. The van der Waals surface area contributed by atoms with E-state index in [1.54, 1.807) is 0 Å². The van der Waals surface area contributed by atoms with Gasteiger partial charge in [0, 0.05) is 18.5 Å². The van der Waals surface area contributed by atoms with Crippen molar-refractivity contribution in [2.75, 3.05) is 32.7 Å². The van der Waals surface area contributed by atoms with Crippen LogP contribution in [0.4, 0.5) is 0 Å². The maximum Gasteiger partial charge on any atom is 0.220 e. The average Bonchev–Trinajstić information content (AvgIpc) is 2.40. The van der Waals surface area contributed by atoms with Gasteiger partial charge in [-0.2, -0.15) is 0 Å². The fraction of sp³-hybridized carbons (Fsp3) is 0.933. The Balaban J connectivity index is 1.61. The fourth-order valence-corrected chi connectivity index (χ4v) is 4.19. The first kappa shape index (κ1) is 13.4. The standard InChI is InChI=1S/C15H27N3O/c1-14(2-7-16-8-3-14)18-10-5-15(6-11-18)4-9-17-13(19)12-15/h16H,2-12H2,1H3,(H,17,19). The third-order valence-corrected chi connectivity index (χ3v) is 5.78. The number of piperidine rings is 3.